The predicted octanol–water partition coefficient (Wildman–Crippen LogP) is 4.48. The monoisotopic (exact) mass is 301 g/mol. The van der Waals surface area contributed by atoms with E-state index in [1.807, 2.05) is 55.6 Å². The molecule has 5 heteroatoms. The van der Waals surface area contributed by atoms with Crippen molar-refractivity contribution >= 4 is 40.2 Å². The maximum absolute atomic E-state index is 6.22. The molecule has 0 aliphatic rings. The molecule has 0 radical (unpaired) electrons. The fourth-order valence-corrected chi connectivity index (χ4v) is 3.06. The van der Waals surface area contributed by atoms with E-state index in [-0.39, 0.29) is 0 Å². The molecule has 0 bridgehead atoms. The van der Waals surface area contributed by atoms with Gasteiger partial charge in [-0.1, -0.05) is 53.7 Å². The number of nitrogens with one attached hydrogen (secondary N) is 1. The Morgan fingerprint density at radius 3 is 2.55 bits per heavy atom. The second-order valence-electron chi connectivity index (χ2n) is 4.15. The number of aromatic nitrogens is 2. The summed E-state index contributed by atoms with van der Waals surface area (Å²) in [6.07, 6.45) is 0. The Morgan fingerprint density at radius 2 is 1.75 bits per heavy atom. The van der Waals surface area contributed by atoms with E-state index in [1.54, 1.807) is 11.8 Å². The van der Waals surface area contributed by atoms with E-state index in [4.69, 9.17) is 11.6 Å². The number of anilines is 1. The van der Waals surface area contributed by atoms with Gasteiger partial charge in [-0.15, -0.1) is 0 Å². The van der Waals surface area contributed by atoms with Crippen molar-refractivity contribution in [2.75, 3.05) is 12.4 Å². The molecule has 0 amide bonds. The minimum atomic E-state index is 0.609. The lowest BCUT2D eigenvalue weighted by atomic mass is 10.2. The highest BCUT2D eigenvalue weighted by molar-refractivity contribution is 7.99. The molecule has 3 aromatic rings. The third kappa shape index (κ3) is 2.57. The molecule has 0 atom stereocenters. The maximum Gasteiger partial charge on any atom is 0.224 e. The third-order valence-corrected chi connectivity index (χ3v) is 4.36. The Balaban J connectivity index is 2.13. The molecule has 0 saturated heterocycles. The van der Waals surface area contributed by atoms with E-state index in [0.29, 0.717) is 5.95 Å². The molecular formula is C15H12ClN3S. The van der Waals surface area contributed by atoms with Gasteiger partial charge < -0.3 is 5.32 Å². The first-order chi connectivity index (χ1) is 9.78. The summed E-state index contributed by atoms with van der Waals surface area (Å²) in [5.41, 5.74) is 0.918. The molecule has 100 valence electrons. The summed E-state index contributed by atoms with van der Waals surface area (Å²) in [5.74, 6) is 0.609. The highest BCUT2D eigenvalue weighted by Crippen LogP contribution is 2.35. The molecule has 3 nitrogen and oxygen atoms in total. The van der Waals surface area contributed by atoms with Crippen LogP contribution in [0.1, 0.15) is 0 Å². The highest BCUT2D eigenvalue weighted by atomic mass is 35.5. The Morgan fingerprint density at radius 1 is 1.00 bits per heavy atom. The van der Waals surface area contributed by atoms with E-state index >= 15 is 0 Å². The van der Waals surface area contributed by atoms with E-state index < -0.39 is 0 Å². The summed E-state index contributed by atoms with van der Waals surface area (Å²) in [6, 6.07) is 15.7. The van der Waals surface area contributed by atoms with Crippen LogP contribution < -0.4 is 5.32 Å². The molecular weight excluding hydrogens is 290 g/mol. The smallest absolute Gasteiger partial charge is 0.224 e. The van der Waals surface area contributed by atoms with Gasteiger partial charge in [-0.3, -0.25) is 0 Å². The number of nitrogens with zero attached hydrogens (tertiary/aromatic N) is 2. The lowest BCUT2D eigenvalue weighted by Crippen LogP contribution is -1.98. The van der Waals surface area contributed by atoms with Crippen LogP contribution >= 0.6 is 23.4 Å². The standard InChI is InChI=1S/C15H12ClN3S/c1-17-15-18-12-8-4-2-6-10(12)14(19-15)20-13-9-5-3-7-11(13)16/h2-9H,1H3,(H,17,18,19). The van der Waals surface area contributed by atoms with Crippen LogP contribution in [0.3, 0.4) is 0 Å². The Bertz CT molecular complexity index is 761. The average Bonchev–Trinajstić information content (AvgIpc) is 2.49. The van der Waals surface area contributed by atoms with Crippen molar-refractivity contribution < 1.29 is 0 Å². The summed E-state index contributed by atoms with van der Waals surface area (Å²) in [7, 11) is 1.81. The molecule has 0 unspecified atom stereocenters. The molecule has 1 heterocycles. The summed E-state index contributed by atoms with van der Waals surface area (Å²) >= 11 is 7.77. The fraction of sp³-hybridized carbons (Fsp3) is 0.0667. The fourth-order valence-electron chi connectivity index (χ4n) is 1.87. The Kier molecular flexibility index (Phi) is 3.76. The molecule has 1 N–H and O–H groups in total. The number of rotatable bonds is 3. The van der Waals surface area contributed by atoms with Gasteiger partial charge in [0.15, 0.2) is 0 Å². The zero-order valence-corrected chi connectivity index (χ0v) is 12.4. The van der Waals surface area contributed by atoms with E-state index in [9.17, 15) is 0 Å². The SMILES string of the molecule is CNc1nc(Sc2ccccc2Cl)c2ccccc2n1. The zero-order chi connectivity index (χ0) is 13.9. The predicted molar refractivity (Wildman–Crippen MR) is 84.7 cm³/mol. The van der Waals surface area contributed by atoms with Crippen LogP contribution in [0.4, 0.5) is 5.95 Å². The molecule has 2 aromatic carbocycles. The van der Waals surface area contributed by atoms with Crippen LogP contribution in [0.2, 0.25) is 5.02 Å². The van der Waals surface area contributed by atoms with Gasteiger partial charge in [-0.2, -0.15) is 0 Å². The maximum atomic E-state index is 6.22. The summed E-state index contributed by atoms with van der Waals surface area (Å²) in [4.78, 5) is 9.97. The molecule has 0 aliphatic heterocycles. The van der Waals surface area contributed by atoms with Gasteiger partial charge in [0.05, 0.1) is 10.5 Å². The zero-order valence-electron chi connectivity index (χ0n) is 10.8. The van der Waals surface area contributed by atoms with Crippen molar-refractivity contribution in [1.29, 1.82) is 0 Å². The quantitative estimate of drug-likeness (QED) is 0.724. The minimum Gasteiger partial charge on any atom is -0.357 e. The Labute approximate surface area is 126 Å². The molecule has 0 spiro atoms. The number of halogens is 1. The van der Waals surface area contributed by atoms with Crippen LogP contribution in [0.5, 0.6) is 0 Å². The number of para-hydroxylation sites is 1. The van der Waals surface area contributed by atoms with Gasteiger partial charge in [-0.25, -0.2) is 9.97 Å². The van der Waals surface area contributed by atoms with Crippen molar-refractivity contribution in [3.8, 4) is 0 Å². The molecule has 3 rings (SSSR count). The second-order valence-corrected chi connectivity index (χ2v) is 5.59. The molecule has 1 aromatic heterocycles. The normalized spacial score (nSPS) is 10.7. The topological polar surface area (TPSA) is 37.8 Å². The van der Waals surface area contributed by atoms with Crippen LogP contribution in [-0.2, 0) is 0 Å². The van der Waals surface area contributed by atoms with Crippen LogP contribution in [-0.4, -0.2) is 17.0 Å². The number of hydrogen-bond donors (Lipinski definition) is 1. The van der Waals surface area contributed by atoms with Gasteiger partial charge in [0.25, 0.3) is 0 Å². The average molecular weight is 302 g/mol. The lowest BCUT2D eigenvalue weighted by Gasteiger charge is -2.08. The second kappa shape index (κ2) is 5.69. The first-order valence-corrected chi connectivity index (χ1v) is 7.34. The van der Waals surface area contributed by atoms with Crippen molar-refractivity contribution in [3.05, 3.63) is 53.6 Å². The van der Waals surface area contributed by atoms with Crippen molar-refractivity contribution in [2.24, 2.45) is 0 Å². The van der Waals surface area contributed by atoms with Gasteiger partial charge in [0.1, 0.15) is 5.03 Å². The van der Waals surface area contributed by atoms with Crippen LogP contribution in [0.25, 0.3) is 10.9 Å². The summed E-state index contributed by atoms with van der Waals surface area (Å²) in [5, 5.41) is 5.64. The van der Waals surface area contributed by atoms with Crippen LogP contribution in [0, 0.1) is 0 Å². The summed E-state index contributed by atoms with van der Waals surface area (Å²) in [6.45, 7) is 0. The minimum absolute atomic E-state index is 0.609. The van der Waals surface area contributed by atoms with E-state index in [1.165, 1.54) is 0 Å². The lowest BCUT2D eigenvalue weighted by molar-refractivity contribution is 1.09. The highest BCUT2D eigenvalue weighted by Gasteiger charge is 2.10. The van der Waals surface area contributed by atoms with Gasteiger partial charge in [0.2, 0.25) is 5.95 Å². The number of benzene rings is 2. The van der Waals surface area contributed by atoms with Gasteiger partial charge in [-0.05, 0) is 18.2 Å². The first kappa shape index (κ1) is 13.2. The summed E-state index contributed by atoms with van der Waals surface area (Å²) < 4.78 is 0. The number of hydrogen-bond acceptors (Lipinski definition) is 4. The first-order valence-electron chi connectivity index (χ1n) is 6.15. The van der Waals surface area contributed by atoms with Crippen molar-refractivity contribution in [3.63, 3.8) is 0 Å². The van der Waals surface area contributed by atoms with E-state index in [0.717, 1.165) is 25.8 Å². The molecule has 20 heavy (non-hydrogen) atoms. The third-order valence-electron chi connectivity index (χ3n) is 2.84. The number of fused-ring (bicyclic) bond motifs is 1. The molecule has 0 aliphatic carbocycles. The Hall–Kier alpha value is -1.78. The molecule has 0 fully saturated rings. The van der Waals surface area contributed by atoms with Gasteiger partial charge >= 0.3 is 0 Å². The van der Waals surface area contributed by atoms with Crippen molar-refractivity contribution in [1.82, 2.24) is 9.97 Å². The van der Waals surface area contributed by atoms with Crippen molar-refractivity contribution in [2.45, 2.75) is 9.92 Å². The van der Waals surface area contributed by atoms with Crippen LogP contribution in [0.15, 0.2) is 58.5 Å². The van der Waals surface area contributed by atoms with E-state index in [2.05, 4.69) is 15.3 Å². The van der Waals surface area contributed by atoms with Gasteiger partial charge in [0, 0.05) is 17.3 Å². The largest absolute Gasteiger partial charge is 0.357 e. The molecule has 0 saturated carbocycles.